The van der Waals surface area contributed by atoms with Crippen LogP contribution in [-0.2, 0) is 0 Å². The van der Waals surface area contributed by atoms with Crippen LogP contribution in [0.3, 0.4) is 0 Å². The van der Waals surface area contributed by atoms with E-state index in [1.54, 1.807) is 18.5 Å². The SMILES string of the molecule is Cc1ccc(/C=N/N=C(/N)c2ccccn2)cc1. The molecule has 1 heterocycles. The molecule has 0 bridgehead atoms. The van der Waals surface area contributed by atoms with Gasteiger partial charge in [-0.1, -0.05) is 35.9 Å². The zero-order chi connectivity index (χ0) is 12.8. The smallest absolute Gasteiger partial charge is 0.171 e. The molecule has 0 atom stereocenters. The number of rotatable bonds is 3. The number of amidine groups is 1. The van der Waals surface area contributed by atoms with Gasteiger partial charge in [0.05, 0.1) is 6.21 Å². The number of hydrogen-bond donors (Lipinski definition) is 1. The summed E-state index contributed by atoms with van der Waals surface area (Å²) in [6.45, 7) is 2.04. The highest BCUT2D eigenvalue weighted by Gasteiger charge is 1.96. The molecule has 0 aliphatic carbocycles. The Morgan fingerprint density at radius 1 is 1.17 bits per heavy atom. The summed E-state index contributed by atoms with van der Waals surface area (Å²) in [6, 6.07) is 13.5. The Hall–Kier alpha value is -2.49. The Kier molecular flexibility index (Phi) is 3.81. The Balaban J connectivity index is 2.08. The fraction of sp³-hybridized carbons (Fsp3) is 0.0714. The minimum absolute atomic E-state index is 0.305. The molecule has 0 fully saturated rings. The van der Waals surface area contributed by atoms with Gasteiger partial charge in [-0.25, -0.2) is 0 Å². The first-order chi connectivity index (χ1) is 8.75. The quantitative estimate of drug-likeness (QED) is 0.506. The van der Waals surface area contributed by atoms with Gasteiger partial charge in [-0.3, -0.25) is 4.98 Å². The highest BCUT2D eigenvalue weighted by molar-refractivity contribution is 5.95. The molecule has 0 aliphatic heterocycles. The lowest BCUT2D eigenvalue weighted by atomic mass is 10.2. The maximum Gasteiger partial charge on any atom is 0.171 e. The predicted octanol–water partition coefficient (Wildman–Crippen LogP) is 2.13. The highest BCUT2D eigenvalue weighted by atomic mass is 15.2. The van der Waals surface area contributed by atoms with Crippen LogP contribution in [0.25, 0.3) is 0 Å². The van der Waals surface area contributed by atoms with Gasteiger partial charge in [0.2, 0.25) is 0 Å². The van der Waals surface area contributed by atoms with E-state index in [-0.39, 0.29) is 0 Å². The van der Waals surface area contributed by atoms with E-state index in [0.717, 1.165) is 5.56 Å². The van der Waals surface area contributed by atoms with Crippen LogP contribution >= 0.6 is 0 Å². The van der Waals surface area contributed by atoms with Crippen LogP contribution in [0.2, 0.25) is 0 Å². The molecule has 1 aromatic carbocycles. The molecule has 2 rings (SSSR count). The van der Waals surface area contributed by atoms with Gasteiger partial charge in [0, 0.05) is 6.20 Å². The standard InChI is InChI=1S/C14H14N4/c1-11-5-7-12(8-6-11)10-17-18-14(15)13-4-2-3-9-16-13/h2-10H,1H3,(H2,15,18)/b17-10+. The second-order valence-electron chi connectivity index (χ2n) is 3.86. The maximum atomic E-state index is 5.76. The molecule has 2 aromatic rings. The fourth-order valence-electron chi connectivity index (χ4n) is 1.38. The first-order valence-electron chi connectivity index (χ1n) is 5.60. The third-order valence-corrected chi connectivity index (χ3v) is 2.38. The molecular formula is C14H14N4. The lowest BCUT2D eigenvalue weighted by molar-refractivity contribution is 1.20. The molecule has 0 amide bonds. The van der Waals surface area contributed by atoms with Crippen LogP contribution in [0, 0.1) is 6.92 Å². The highest BCUT2D eigenvalue weighted by Crippen LogP contribution is 2.00. The fourth-order valence-corrected chi connectivity index (χ4v) is 1.38. The van der Waals surface area contributed by atoms with Gasteiger partial charge < -0.3 is 5.73 Å². The van der Waals surface area contributed by atoms with Crippen molar-refractivity contribution < 1.29 is 0 Å². The van der Waals surface area contributed by atoms with Crippen LogP contribution < -0.4 is 5.73 Å². The summed E-state index contributed by atoms with van der Waals surface area (Å²) in [7, 11) is 0. The molecular weight excluding hydrogens is 224 g/mol. The molecule has 0 spiro atoms. The summed E-state index contributed by atoms with van der Waals surface area (Å²) in [5.41, 5.74) is 8.58. The lowest BCUT2D eigenvalue weighted by Gasteiger charge is -1.96. The Labute approximate surface area is 106 Å². The average molecular weight is 238 g/mol. The van der Waals surface area contributed by atoms with Crippen molar-refractivity contribution in [1.82, 2.24) is 4.98 Å². The van der Waals surface area contributed by atoms with Crippen LogP contribution in [0.1, 0.15) is 16.8 Å². The molecule has 4 heteroatoms. The number of aromatic nitrogens is 1. The summed E-state index contributed by atoms with van der Waals surface area (Å²) in [4.78, 5) is 4.09. The number of nitrogens with zero attached hydrogens (tertiary/aromatic N) is 3. The molecule has 1 aromatic heterocycles. The molecule has 0 unspecified atom stereocenters. The largest absolute Gasteiger partial charge is 0.380 e. The summed E-state index contributed by atoms with van der Waals surface area (Å²) in [6.07, 6.45) is 3.33. The van der Waals surface area contributed by atoms with E-state index in [1.165, 1.54) is 5.56 Å². The Morgan fingerprint density at radius 3 is 2.61 bits per heavy atom. The van der Waals surface area contributed by atoms with Crippen molar-refractivity contribution in [3.8, 4) is 0 Å². The molecule has 2 N–H and O–H groups in total. The summed E-state index contributed by atoms with van der Waals surface area (Å²) in [5.74, 6) is 0.305. The first-order valence-corrected chi connectivity index (χ1v) is 5.60. The Morgan fingerprint density at radius 2 is 1.94 bits per heavy atom. The monoisotopic (exact) mass is 238 g/mol. The van der Waals surface area contributed by atoms with Crippen molar-refractivity contribution in [3.05, 3.63) is 65.5 Å². The minimum atomic E-state index is 0.305. The normalized spacial score (nSPS) is 11.9. The van der Waals surface area contributed by atoms with Gasteiger partial charge >= 0.3 is 0 Å². The number of nitrogens with two attached hydrogens (primary N) is 1. The van der Waals surface area contributed by atoms with Crippen LogP contribution in [0.5, 0.6) is 0 Å². The molecule has 0 aliphatic rings. The second kappa shape index (κ2) is 5.72. The van der Waals surface area contributed by atoms with Crippen molar-refractivity contribution in [2.45, 2.75) is 6.92 Å². The summed E-state index contributed by atoms with van der Waals surface area (Å²) < 4.78 is 0. The van der Waals surface area contributed by atoms with Crippen molar-refractivity contribution in [1.29, 1.82) is 0 Å². The van der Waals surface area contributed by atoms with E-state index in [0.29, 0.717) is 11.5 Å². The maximum absolute atomic E-state index is 5.76. The third kappa shape index (κ3) is 3.25. The van der Waals surface area contributed by atoms with E-state index in [4.69, 9.17) is 5.73 Å². The van der Waals surface area contributed by atoms with E-state index >= 15 is 0 Å². The van der Waals surface area contributed by atoms with E-state index < -0.39 is 0 Å². The lowest BCUT2D eigenvalue weighted by Crippen LogP contribution is -2.14. The van der Waals surface area contributed by atoms with Crippen molar-refractivity contribution in [2.24, 2.45) is 15.9 Å². The topological polar surface area (TPSA) is 63.6 Å². The zero-order valence-corrected chi connectivity index (χ0v) is 10.1. The van der Waals surface area contributed by atoms with Gasteiger partial charge in [-0.15, -0.1) is 5.10 Å². The molecule has 90 valence electrons. The average Bonchev–Trinajstić information content (AvgIpc) is 2.42. The van der Waals surface area contributed by atoms with Gasteiger partial charge in [-0.05, 0) is 24.6 Å². The van der Waals surface area contributed by atoms with Crippen molar-refractivity contribution >= 4 is 12.1 Å². The van der Waals surface area contributed by atoms with Crippen LogP contribution in [0.4, 0.5) is 0 Å². The van der Waals surface area contributed by atoms with E-state index in [9.17, 15) is 0 Å². The van der Waals surface area contributed by atoms with Gasteiger partial charge in [0.1, 0.15) is 5.69 Å². The first kappa shape index (κ1) is 12.0. The number of hydrogen-bond acceptors (Lipinski definition) is 3. The van der Waals surface area contributed by atoms with Crippen LogP contribution in [0.15, 0.2) is 58.9 Å². The molecule has 0 saturated carbocycles. The second-order valence-corrected chi connectivity index (χ2v) is 3.86. The number of benzene rings is 1. The Bertz CT molecular complexity index is 556. The van der Waals surface area contributed by atoms with Gasteiger partial charge in [0.15, 0.2) is 5.84 Å². The van der Waals surface area contributed by atoms with Crippen molar-refractivity contribution in [3.63, 3.8) is 0 Å². The van der Waals surface area contributed by atoms with Crippen molar-refractivity contribution in [2.75, 3.05) is 0 Å². The van der Waals surface area contributed by atoms with Gasteiger partial charge in [0.25, 0.3) is 0 Å². The number of aryl methyl sites for hydroxylation is 1. The molecule has 0 radical (unpaired) electrons. The summed E-state index contributed by atoms with van der Waals surface area (Å²) in [5, 5.41) is 7.86. The third-order valence-electron chi connectivity index (χ3n) is 2.38. The van der Waals surface area contributed by atoms with Crippen LogP contribution in [-0.4, -0.2) is 17.0 Å². The van der Waals surface area contributed by atoms with E-state index in [1.807, 2.05) is 43.3 Å². The summed E-state index contributed by atoms with van der Waals surface area (Å²) >= 11 is 0. The van der Waals surface area contributed by atoms with Gasteiger partial charge in [-0.2, -0.15) is 5.10 Å². The molecule has 4 nitrogen and oxygen atoms in total. The zero-order valence-electron chi connectivity index (χ0n) is 10.1. The molecule has 18 heavy (non-hydrogen) atoms. The molecule has 0 saturated heterocycles. The number of pyridine rings is 1. The predicted molar refractivity (Wildman–Crippen MR) is 73.7 cm³/mol. The minimum Gasteiger partial charge on any atom is -0.380 e. The van der Waals surface area contributed by atoms with E-state index in [2.05, 4.69) is 15.2 Å².